The topological polar surface area (TPSA) is 55.8 Å². The van der Waals surface area contributed by atoms with Crippen molar-refractivity contribution in [3.63, 3.8) is 0 Å². The molecule has 0 saturated heterocycles. The van der Waals surface area contributed by atoms with Crippen molar-refractivity contribution in [2.75, 3.05) is 20.3 Å². The normalized spacial score (nSPS) is 13.8. The number of allylic oxidation sites excluding steroid dienone is 8. The zero-order valence-electron chi connectivity index (χ0n) is 22.2. The molecule has 4 heteroatoms. The molecule has 0 fully saturated rings. The number of methoxy groups -OCH3 is 1. The van der Waals surface area contributed by atoms with Crippen LogP contribution in [-0.4, -0.2) is 37.5 Å². The molecule has 0 heterocycles. The molecule has 0 aliphatic rings. The molecule has 33 heavy (non-hydrogen) atoms. The highest BCUT2D eigenvalue weighted by molar-refractivity contribution is 5.74. The summed E-state index contributed by atoms with van der Waals surface area (Å²) in [5.74, 6) is -0.554. The van der Waals surface area contributed by atoms with E-state index in [0.717, 1.165) is 44.9 Å². The first-order chi connectivity index (χ1) is 15.5. The number of esters is 1. The Labute approximate surface area is 203 Å². The summed E-state index contributed by atoms with van der Waals surface area (Å²) in [6.07, 6.45) is 17.4. The Morgan fingerprint density at radius 2 is 1.64 bits per heavy atom. The Morgan fingerprint density at radius 3 is 2.24 bits per heavy atom. The summed E-state index contributed by atoms with van der Waals surface area (Å²) in [5, 5.41) is 9.16. The molecule has 0 aliphatic carbocycles. The Hall–Kier alpha value is -1.91. The average molecular weight is 461 g/mol. The number of ether oxygens (including phenoxy) is 2. The van der Waals surface area contributed by atoms with E-state index < -0.39 is 12.1 Å². The second kappa shape index (κ2) is 17.6. The zero-order valence-corrected chi connectivity index (χ0v) is 22.2. The average Bonchev–Trinajstić information content (AvgIpc) is 2.76. The molecule has 1 N–H and O–H groups in total. The first-order valence-electron chi connectivity index (χ1n) is 12.1. The lowest BCUT2D eigenvalue weighted by Crippen LogP contribution is -2.29. The van der Waals surface area contributed by atoms with Gasteiger partial charge in [-0.2, -0.15) is 0 Å². The Morgan fingerprint density at radius 1 is 1.00 bits per heavy atom. The Bertz CT molecular complexity index is 703. The lowest BCUT2D eigenvalue weighted by Gasteiger charge is -2.20. The minimum atomic E-state index is -0.920. The molecule has 188 valence electrons. The molecule has 0 aromatic rings. The van der Waals surface area contributed by atoms with Crippen molar-refractivity contribution in [3.8, 4) is 0 Å². The first kappa shape index (κ1) is 31.1. The van der Waals surface area contributed by atoms with Crippen molar-refractivity contribution in [1.82, 2.24) is 0 Å². The summed E-state index contributed by atoms with van der Waals surface area (Å²) in [4.78, 5) is 11.4. The maximum atomic E-state index is 11.4. The minimum Gasteiger partial charge on any atom is -0.467 e. The molecule has 4 nitrogen and oxygen atoms in total. The monoisotopic (exact) mass is 460 g/mol. The second-order valence-electron chi connectivity index (χ2n) is 9.83. The summed E-state index contributed by atoms with van der Waals surface area (Å²) >= 11 is 0. The van der Waals surface area contributed by atoms with Gasteiger partial charge < -0.3 is 14.6 Å². The summed E-state index contributed by atoms with van der Waals surface area (Å²) < 4.78 is 9.95. The Balaban J connectivity index is 4.29. The molecular weight excluding hydrogens is 412 g/mol. The van der Waals surface area contributed by atoms with Crippen molar-refractivity contribution >= 4 is 5.97 Å². The van der Waals surface area contributed by atoms with Gasteiger partial charge in [0.1, 0.15) is 0 Å². The van der Waals surface area contributed by atoms with Crippen LogP contribution in [0.15, 0.2) is 59.3 Å². The maximum absolute atomic E-state index is 11.4. The summed E-state index contributed by atoms with van der Waals surface area (Å²) in [5.41, 5.74) is 5.46. The van der Waals surface area contributed by atoms with Gasteiger partial charge in [0.15, 0.2) is 6.10 Å². The molecule has 0 bridgehead atoms. The van der Waals surface area contributed by atoms with Gasteiger partial charge in [0.2, 0.25) is 0 Å². The fourth-order valence-electron chi connectivity index (χ4n) is 3.14. The van der Waals surface area contributed by atoms with Gasteiger partial charge in [0.05, 0.1) is 20.3 Å². The van der Waals surface area contributed by atoms with Crippen LogP contribution < -0.4 is 0 Å². The second-order valence-corrected chi connectivity index (χ2v) is 9.83. The van der Waals surface area contributed by atoms with E-state index >= 15 is 0 Å². The van der Waals surface area contributed by atoms with E-state index in [-0.39, 0.29) is 18.6 Å². The molecular formula is C29H48O4. The highest BCUT2D eigenvalue weighted by atomic mass is 16.6. The largest absolute Gasteiger partial charge is 0.467 e. The summed E-state index contributed by atoms with van der Waals surface area (Å²) in [6.45, 7) is 17.3. The van der Waals surface area contributed by atoms with Crippen LogP contribution >= 0.6 is 0 Å². The van der Waals surface area contributed by atoms with Crippen LogP contribution in [0.3, 0.4) is 0 Å². The van der Waals surface area contributed by atoms with Crippen LogP contribution in [0.1, 0.15) is 86.5 Å². The third kappa shape index (κ3) is 17.3. The standard InChI is InChI=1S/C29H48O4/c1-23(2)12-11-14-24(3)15-16-26(5)17-20-29(6,7)19-10-9-13-25(4)18-21-33-27(22-30)28(31)32-8/h10,12,15,18-19,27,30H,5,9,11,13-14,16-17,20-22H2,1-4,6-8H3/b19-10+,24-15+,25-18+/t27-/m1/s1. The van der Waals surface area contributed by atoms with Crippen molar-refractivity contribution in [2.24, 2.45) is 5.41 Å². The third-order valence-electron chi connectivity index (χ3n) is 5.59. The highest BCUT2D eigenvalue weighted by Gasteiger charge is 2.17. The van der Waals surface area contributed by atoms with E-state index in [0.29, 0.717) is 0 Å². The molecule has 0 spiro atoms. The molecule has 0 aromatic heterocycles. The lowest BCUT2D eigenvalue weighted by molar-refractivity contribution is -0.155. The number of hydrogen-bond donors (Lipinski definition) is 1. The predicted molar refractivity (Wildman–Crippen MR) is 140 cm³/mol. The molecule has 0 amide bonds. The zero-order chi connectivity index (χ0) is 25.3. The van der Waals surface area contributed by atoms with Crippen molar-refractivity contribution in [1.29, 1.82) is 0 Å². The van der Waals surface area contributed by atoms with Crippen molar-refractivity contribution < 1.29 is 19.4 Å². The molecule has 0 aliphatic heterocycles. The van der Waals surface area contributed by atoms with Gasteiger partial charge in [-0.25, -0.2) is 4.79 Å². The van der Waals surface area contributed by atoms with Gasteiger partial charge in [0.25, 0.3) is 0 Å². The molecule has 0 aromatic carbocycles. The number of carbonyl (C=O) groups is 1. The summed E-state index contributed by atoms with van der Waals surface area (Å²) in [6, 6.07) is 0. The van der Waals surface area contributed by atoms with Crippen LogP contribution in [0.4, 0.5) is 0 Å². The Kier molecular flexibility index (Phi) is 16.5. The van der Waals surface area contributed by atoms with Gasteiger partial charge in [-0.15, -0.1) is 0 Å². The first-order valence-corrected chi connectivity index (χ1v) is 12.1. The number of hydrogen-bond acceptors (Lipinski definition) is 4. The van der Waals surface area contributed by atoms with E-state index in [1.165, 1.54) is 29.4 Å². The van der Waals surface area contributed by atoms with Crippen LogP contribution in [0, 0.1) is 5.41 Å². The number of carbonyl (C=O) groups excluding carboxylic acids is 1. The minimum absolute atomic E-state index is 0.140. The third-order valence-corrected chi connectivity index (χ3v) is 5.59. The molecule has 0 unspecified atom stereocenters. The predicted octanol–water partition coefficient (Wildman–Crippen LogP) is 7.27. The van der Waals surface area contributed by atoms with Gasteiger partial charge >= 0.3 is 5.97 Å². The van der Waals surface area contributed by atoms with Crippen LogP contribution in [-0.2, 0) is 14.3 Å². The quantitative estimate of drug-likeness (QED) is 0.183. The van der Waals surface area contributed by atoms with E-state index in [1.54, 1.807) is 0 Å². The number of aliphatic hydroxyl groups is 1. The van der Waals surface area contributed by atoms with E-state index in [2.05, 4.69) is 70.2 Å². The van der Waals surface area contributed by atoms with Crippen LogP contribution in [0.2, 0.25) is 0 Å². The van der Waals surface area contributed by atoms with E-state index in [9.17, 15) is 4.79 Å². The fourth-order valence-corrected chi connectivity index (χ4v) is 3.14. The number of rotatable bonds is 17. The smallest absolute Gasteiger partial charge is 0.337 e. The van der Waals surface area contributed by atoms with Crippen LogP contribution in [0.25, 0.3) is 0 Å². The van der Waals surface area contributed by atoms with Crippen molar-refractivity contribution in [3.05, 3.63) is 59.3 Å². The molecule has 0 radical (unpaired) electrons. The van der Waals surface area contributed by atoms with Crippen molar-refractivity contribution in [2.45, 2.75) is 92.6 Å². The SMILES string of the molecule is C=C(C/C=C(\C)CCC=C(C)C)CCC(C)(C)/C=C/CC/C(C)=C/CO[C@H](CO)C(=O)OC. The summed E-state index contributed by atoms with van der Waals surface area (Å²) in [7, 11) is 1.28. The number of aliphatic hydroxyl groups excluding tert-OH is 1. The molecule has 0 saturated carbocycles. The van der Waals surface area contributed by atoms with Gasteiger partial charge in [-0.1, -0.05) is 73.1 Å². The lowest BCUT2D eigenvalue weighted by atomic mass is 9.85. The van der Waals surface area contributed by atoms with Gasteiger partial charge in [-0.3, -0.25) is 0 Å². The fraction of sp³-hybridized carbons (Fsp3) is 0.621. The van der Waals surface area contributed by atoms with E-state index in [1.807, 2.05) is 13.0 Å². The molecule has 0 rings (SSSR count). The maximum Gasteiger partial charge on any atom is 0.337 e. The van der Waals surface area contributed by atoms with E-state index in [4.69, 9.17) is 9.84 Å². The highest BCUT2D eigenvalue weighted by Crippen LogP contribution is 2.27. The van der Waals surface area contributed by atoms with Gasteiger partial charge in [-0.05, 0) is 78.1 Å². The van der Waals surface area contributed by atoms with Gasteiger partial charge in [0, 0.05) is 0 Å². The van der Waals surface area contributed by atoms with Crippen LogP contribution in [0.5, 0.6) is 0 Å². The molecule has 1 atom stereocenters.